The monoisotopic (exact) mass is 424 g/mol. The maximum Gasteiger partial charge on any atom is 0.305 e. The molecule has 0 unspecified atom stereocenters. The third kappa shape index (κ3) is 23.4. The molecule has 0 spiro atoms. The van der Waals surface area contributed by atoms with Gasteiger partial charge in [-0.3, -0.25) is 4.79 Å². The van der Waals surface area contributed by atoms with Crippen LogP contribution in [-0.2, 0) is 9.53 Å². The van der Waals surface area contributed by atoms with E-state index in [9.17, 15) is 9.90 Å². The lowest BCUT2D eigenvalue weighted by molar-refractivity contribution is -0.143. The van der Waals surface area contributed by atoms with Gasteiger partial charge in [0.05, 0.1) is 12.7 Å². The fraction of sp³-hybridized carbons (Fsp3) is 0.889. The Balaban J connectivity index is 3.30. The molecular formula is C27H52O3. The molecule has 0 fully saturated rings. The Hall–Kier alpha value is -0.830. The van der Waals surface area contributed by atoms with Crippen LogP contribution >= 0.6 is 0 Å². The van der Waals surface area contributed by atoms with Gasteiger partial charge in [0.1, 0.15) is 0 Å². The molecule has 3 heteroatoms. The van der Waals surface area contributed by atoms with E-state index < -0.39 is 0 Å². The van der Waals surface area contributed by atoms with Gasteiger partial charge in [-0.2, -0.15) is 0 Å². The second-order valence-electron chi connectivity index (χ2n) is 8.86. The Morgan fingerprint density at radius 3 is 2.00 bits per heavy atom. The predicted molar refractivity (Wildman–Crippen MR) is 130 cm³/mol. The smallest absolute Gasteiger partial charge is 0.305 e. The molecule has 0 radical (unpaired) electrons. The van der Waals surface area contributed by atoms with Crippen molar-refractivity contribution < 1.29 is 14.6 Å². The lowest BCUT2D eigenvalue weighted by Crippen LogP contribution is -2.05. The summed E-state index contributed by atoms with van der Waals surface area (Å²) in [5.41, 5.74) is 0. The molecule has 0 saturated carbocycles. The molecule has 0 aliphatic heterocycles. The highest BCUT2D eigenvalue weighted by Crippen LogP contribution is 2.11. The van der Waals surface area contributed by atoms with Gasteiger partial charge in [0, 0.05) is 6.42 Å². The van der Waals surface area contributed by atoms with Gasteiger partial charge in [0.2, 0.25) is 0 Å². The van der Waals surface area contributed by atoms with Crippen LogP contribution in [0, 0.1) is 0 Å². The normalized spacial score (nSPS) is 12.5. The third-order valence-electron chi connectivity index (χ3n) is 5.73. The first-order chi connectivity index (χ1) is 14.7. The molecule has 0 aromatic carbocycles. The first-order valence-corrected chi connectivity index (χ1v) is 13.2. The number of unbranched alkanes of at least 4 members (excludes halogenated alkanes) is 14. The van der Waals surface area contributed by atoms with Crippen molar-refractivity contribution in [3.8, 4) is 0 Å². The SMILES string of the molecule is CCCCCCCCCOC(=O)CCCCCCCC=CC[C@H](O)CCCCCC. The van der Waals surface area contributed by atoms with Gasteiger partial charge < -0.3 is 9.84 Å². The molecule has 0 amide bonds. The number of ether oxygens (including phenoxy) is 1. The number of hydrogen-bond donors (Lipinski definition) is 1. The third-order valence-corrected chi connectivity index (χ3v) is 5.73. The highest BCUT2D eigenvalue weighted by molar-refractivity contribution is 5.69. The fourth-order valence-corrected chi connectivity index (χ4v) is 3.67. The zero-order valence-electron chi connectivity index (χ0n) is 20.3. The molecule has 0 saturated heterocycles. The number of rotatable bonds is 23. The quantitative estimate of drug-likeness (QED) is 0.102. The van der Waals surface area contributed by atoms with Gasteiger partial charge >= 0.3 is 5.97 Å². The van der Waals surface area contributed by atoms with Crippen molar-refractivity contribution in [2.45, 2.75) is 148 Å². The average Bonchev–Trinajstić information content (AvgIpc) is 2.74. The minimum absolute atomic E-state index is 0.0165. The van der Waals surface area contributed by atoms with Gasteiger partial charge in [-0.25, -0.2) is 0 Å². The van der Waals surface area contributed by atoms with Gasteiger partial charge in [-0.05, 0) is 38.5 Å². The summed E-state index contributed by atoms with van der Waals surface area (Å²) in [6, 6.07) is 0. The first kappa shape index (κ1) is 29.2. The Labute approximate surface area is 188 Å². The van der Waals surface area contributed by atoms with Crippen LogP contribution in [0.5, 0.6) is 0 Å². The summed E-state index contributed by atoms with van der Waals surface area (Å²) in [5.74, 6) is -0.0165. The molecule has 1 N–H and O–H groups in total. The Bertz CT molecular complexity index is 378. The van der Waals surface area contributed by atoms with Crippen LogP contribution in [0.3, 0.4) is 0 Å². The first-order valence-electron chi connectivity index (χ1n) is 13.2. The van der Waals surface area contributed by atoms with Gasteiger partial charge in [-0.15, -0.1) is 0 Å². The predicted octanol–water partition coefficient (Wildman–Crippen LogP) is 8.29. The van der Waals surface area contributed by atoms with Crippen molar-refractivity contribution in [1.82, 2.24) is 0 Å². The lowest BCUT2D eigenvalue weighted by Gasteiger charge is -2.07. The molecular weight excluding hydrogens is 372 g/mol. The minimum Gasteiger partial charge on any atom is -0.466 e. The Morgan fingerprint density at radius 1 is 0.733 bits per heavy atom. The maximum absolute atomic E-state index is 11.7. The number of aliphatic hydroxyl groups is 1. The number of aliphatic hydroxyl groups excluding tert-OH is 1. The summed E-state index contributed by atoms with van der Waals surface area (Å²) in [6.45, 7) is 5.06. The molecule has 3 nitrogen and oxygen atoms in total. The van der Waals surface area contributed by atoms with E-state index in [-0.39, 0.29) is 12.1 Å². The molecule has 0 heterocycles. The zero-order chi connectivity index (χ0) is 22.1. The van der Waals surface area contributed by atoms with E-state index in [0.717, 1.165) is 44.9 Å². The van der Waals surface area contributed by atoms with E-state index in [4.69, 9.17) is 4.74 Å². The van der Waals surface area contributed by atoms with Crippen LogP contribution in [-0.4, -0.2) is 23.8 Å². The van der Waals surface area contributed by atoms with Gasteiger partial charge in [0.15, 0.2) is 0 Å². The Morgan fingerprint density at radius 2 is 1.30 bits per heavy atom. The van der Waals surface area contributed by atoms with E-state index in [1.807, 2.05) is 0 Å². The van der Waals surface area contributed by atoms with Crippen molar-refractivity contribution in [2.75, 3.05) is 6.61 Å². The van der Waals surface area contributed by atoms with E-state index in [0.29, 0.717) is 13.0 Å². The molecule has 178 valence electrons. The standard InChI is InChI=1S/C27H52O3/c1-3-5-7-9-14-17-21-25-30-27(29)24-20-16-13-11-10-12-15-19-23-26(28)22-18-8-6-4-2/h15,19,26,28H,3-14,16-18,20-25H2,1-2H3/t26-/m1/s1. The molecule has 0 aliphatic rings. The van der Waals surface area contributed by atoms with E-state index in [2.05, 4.69) is 26.0 Å². The number of esters is 1. The Kier molecular flexibility index (Phi) is 23.8. The molecule has 0 rings (SSSR count). The van der Waals surface area contributed by atoms with Crippen LogP contribution < -0.4 is 0 Å². The maximum atomic E-state index is 11.7. The van der Waals surface area contributed by atoms with Crippen LogP contribution in [0.15, 0.2) is 12.2 Å². The highest BCUT2D eigenvalue weighted by atomic mass is 16.5. The second-order valence-corrected chi connectivity index (χ2v) is 8.86. The molecule has 1 atom stereocenters. The summed E-state index contributed by atoms with van der Waals surface area (Å²) in [4.78, 5) is 11.7. The molecule has 0 aromatic rings. The van der Waals surface area contributed by atoms with Crippen LogP contribution in [0.2, 0.25) is 0 Å². The van der Waals surface area contributed by atoms with Crippen molar-refractivity contribution in [1.29, 1.82) is 0 Å². The number of allylic oxidation sites excluding steroid dienone is 1. The topological polar surface area (TPSA) is 46.5 Å². The second kappa shape index (κ2) is 24.4. The highest BCUT2D eigenvalue weighted by Gasteiger charge is 2.03. The van der Waals surface area contributed by atoms with Gasteiger partial charge in [-0.1, -0.05) is 109 Å². The van der Waals surface area contributed by atoms with Crippen molar-refractivity contribution >= 4 is 5.97 Å². The number of hydrogen-bond acceptors (Lipinski definition) is 3. The van der Waals surface area contributed by atoms with E-state index >= 15 is 0 Å². The fourth-order valence-electron chi connectivity index (χ4n) is 3.67. The van der Waals surface area contributed by atoms with Crippen LogP contribution in [0.1, 0.15) is 142 Å². The molecule has 0 bridgehead atoms. The molecule has 30 heavy (non-hydrogen) atoms. The summed E-state index contributed by atoms with van der Waals surface area (Å²) in [5, 5.41) is 9.92. The molecule has 0 aromatic heterocycles. The van der Waals surface area contributed by atoms with Crippen LogP contribution in [0.25, 0.3) is 0 Å². The summed E-state index contributed by atoms with van der Waals surface area (Å²) < 4.78 is 5.33. The summed E-state index contributed by atoms with van der Waals surface area (Å²) in [7, 11) is 0. The zero-order valence-corrected chi connectivity index (χ0v) is 20.3. The van der Waals surface area contributed by atoms with E-state index in [1.165, 1.54) is 77.0 Å². The average molecular weight is 425 g/mol. The largest absolute Gasteiger partial charge is 0.466 e. The van der Waals surface area contributed by atoms with Crippen molar-refractivity contribution in [3.63, 3.8) is 0 Å². The summed E-state index contributed by atoms with van der Waals surface area (Å²) >= 11 is 0. The number of carbonyl (C=O) groups is 1. The van der Waals surface area contributed by atoms with E-state index in [1.54, 1.807) is 0 Å². The summed E-state index contributed by atoms with van der Waals surface area (Å²) in [6.07, 6.45) is 27.0. The lowest BCUT2D eigenvalue weighted by atomic mass is 10.1. The van der Waals surface area contributed by atoms with Crippen molar-refractivity contribution in [3.05, 3.63) is 12.2 Å². The van der Waals surface area contributed by atoms with Gasteiger partial charge in [0.25, 0.3) is 0 Å². The molecule has 0 aliphatic carbocycles. The van der Waals surface area contributed by atoms with Crippen LogP contribution in [0.4, 0.5) is 0 Å². The minimum atomic E-state index is -0.163. The number of carbonyl (C=O) groups excluding carboxylic acids is 1. The van der Waals surface area contributed by atoms with Crippen molar-refractivity contribution in [2.24, 2.45) is 0 Å².